The van der Waals surface area contributed by atoms with Gasteiger partial charge in [0.1, 0.15) is 0 Å². The molecular weight excluding hydrogens is 302 g/mol. The Kier molecular flexibility index (Phi) is 5.74. The number of anilines is 1. The van der Waals surface area contributed by atoms with Crippen LogP contribution in [0.2, 0.25) is 0 Å². The van der Waals surface area contributed by atoms with E-state index in [0.717, 1.165) is 52.1 Å². The van der Waals surface area contributed by atoms with Crippen LogP contribution in [-0.4, -0.2) is 74.2 Å². The topological polar surface area (TPSA) is 36.0 Å². The lowest BCUT2D eigenvalue weighted by atomic mass is 10.1. The first-order valence-corrected chi connectivity index (χ1v) is 9.04. The first-order chi connectivity index (χ1) is 11.7. The highest BCUT2D eigenvalue weighted by atomic mass is 16.5. The molecule has 2 saturated heterocycles. The number of carbonyl (C=O) groups excluding carboxylic acids is 1. The Morgan fingerprint density at radius 3 is 2.25 bits per heavy atom. The average Bonchev–Trinajstić information content (AvgIpc) is 2.68. The lowest BCUT2D eigenvalue weighted by Crippen LogP contribution is -2.55. The first-order valence-electron chi connectivity index (χ1n) is 9.04. The van der Waals surface area contributed by atoms with Gasteiger partial charge in [0.2, 0.25) is 5.91 Å². The fourth-order valence-electron chi connectivity index (χ4n) is 3.74. The molecule has 1 atom stereocenters. The van der Waals surface area contributed by atoms with Gasteiger partial charge in [0, 0.05) is 52.1 Å². The number of piperidine rings is 1. The summed E-state index contributed by atoms with van der Waals surface area (Å²) in [4.78, 5) is 19.5. The summed E-state index contributed by atoms with van der Waals surface area (Å²) >= 11 is 0. The van der Waals surface area contributed by atoms with E-state index in [-0.39, 0.29) is 11.9 Å². The van der Waals surface area contributed by atoms with E-state index in [2.05, 4.69) is 41.0 Å². The summed E-state index contributed by atoms with van der Waals surface area (Å²) in [5.41, 5.74) is 1.25. The molecule has 24 heavy (non-hydrogen) atoms. The van der Waals surface area contributed by atoms with Crippen LogP contribution in [0.3, 0.4) is 0 Å². The van der Waals surface area contributed by atoms with Gasteiger partial charge in [-0.15, -0.1) is 0 Å². The monoisotopic (exact) mass is 331 g/mol. The van der Waals surface area contributed by atoms with Crippen LogP contribution >= 0.6 is 0 Å². The van der Waals surface area contributed by atoms with E-state index in [1.54, 1.807) is 7.11 Å². The van der Waals surface area contributed by atoms with Crippen molar-refractivity contribution >= 4 is 11.6 Å². The Bertz CT molecular complexity index is 521. The summed E-state index contributed by atoms with van der Waals surface area (Å²) in [7, 11) is 1.78. The molecule has 132 valence electrons. The van der Waals surface area contributed by atoms with Gasteiger partial charge in [0.05, 0.1) is 12.1 Å². The number of rotatable bonds is 4. The van der Waals surface area contributed by atoms with Crippen molar-refractivity contribution in [3.05, 3.63) is 30.3 Å². The predicted molar refractivity (Wildman–Crippen MR) is 96.3 cm³/mol. The van der Waals surface area contributed by atoms with Crippen molar-refractivity contribution in [2.24, 2.45) is 0 Å². The van der Waals surface area contributed by atoms with Crippen LogP contribution in [0.1, 0.15) is 19.8 Å². The van der Waals surface area contributed by atoms with Crippen molar-refractivity contribution in [2.45, 2.75) is 31.9 Å². The smallest absolute Gasteiger partial charge is 0.239 e. The highest BCUT2D eigenvalue weighted by Crippen LogP contribution is 2.19. The zero-order valence-electron chi connectivity index (χ0n) is 14.9. The summed E-state index contributed by atoms with van der Waals surface area (Å²) in [6.07, 6.45) is 2.41. The quantitative estimate of drug-likeness (QED) is 0.843. The molecule has 0 aromatic heterocycles. The number of benzene rings is 1. The SMILES string of the molecule is COC1CCN(C(C)C(=O)N2CCN(c3ccccc3)CC2)CC1. The fraction of sp³-hybridized carbons (Fsp3) is 0.632. The average molecular weight is 331 g/mol. The standard InChI is InChI=1S/C19H29N3O2/c1-16(20-10-8-18(24-2)9-11-20)19(23)22-14-12-21(13-15-22)17-6-4-3-5-7-17/h3-7,16,18H,8-15H2,1-2H3. The van der Waals surface area contributed by atoms with Crippen LogP contribution in [0.4, 0.5) is 5.69 Å². The van der Waals surface area contributed by atoms with Gasteiger partial charge in [0.25, 0.3) is 0 Å². The minimum atomic E-state index is -0.0221. The number of methoxy groups -OCH3 is 1. The van der Waals surface area contributed by atoms with Crippen molar-refractivity contribution in [2.75, 3.05) is 51.3 Å². The molecule has 2 aliphatic heterocycles. The number of ether oxygens (including phenoxy) is 1. The molecule has 2 aliphatic rings. The molecule has 5 nitrogen and oxygen atoms in total. The maximum Gasteiger partial charge on any atom is 0.239 e. The predicted octanol–water partition coefficient (Wildman–Crippen LogP) is 1.83. The van der Waals surface area contributed by atoms with Crippen LogP contribution in [0.15, 0.2) is 30.3 Å². The second-order valence-electron chi connectivity index (χ2n) is 6.79. The number of piperazine rings is 1. The van der Waals surface area contributed by atoms with E-state index < -0.39 is 0 Å². The number of para-hydroxylation sites is 1. The summed E-state index contributed by atoms with van der Waals surface area (Å²) in [5, 5.41) is 0. The zero-order chi connectivity index (χ0) is 16.9. The second-order valence-corrected chi connectivity index (χ2v) is 6.79. The van der Waals surface area contributed by atoms with E-state index >= 15 is 0 Å². The normalized spacial score (nSPS) is 21.8. The number of likely N-dealkylation sites (tertiary alicyclic amines) is 1. The fourth-order valence-corrected chi connectivity index (χ4v) is 3.74. The van der Waals surface area contributed by atoms with Gasteiger partial charge in [0.15, 0.2) is 0 Å². The maximum absolute atomic E-state index is 12.8. The summed E-state index contributed by atoms with van der Waals surface area (Å²) < 4.78 is 5.42. The summed E-state index contributed by atoms with van der Waals surface area (Å²) in [5.74, 6) is 0.276. The molecule has 1 unspecified atom stereocenters. The molecule has 0 radical (unpaired) electrons. The van der Waals surface area contributed by atoms with Gasteiger partial charge < -0.3 is 14.5 Å². The number of carbonyl (C=O) groups is 1. The van der Waals surface area contributed by atoms with E-state index in [1.165, 1.54) is 5.69 Å². The maximum atomic E-state index is 12.8. The van der Waals surface area contributed by atoms with Crippen LogP contribution < -0.4 is 4.90 Å². The van der Waals surface area contributed by atoms with Gasteiger partial charge in [-0.1, -0.05) is 18.2 Å². The van der Waals surface area contributed by atoms with Crippen molar-refractivity contribution < 1.29 is 9.53 Å². The molecule has 3 rings (SSSR count). The lowest BCUT2D eigenvalue weighted by molar-refractivity contribution is -0.137. The number of amides is 1. The van der Waals surface area contributed by atoms with Gasteiger partial charge in [-0.05, 0) is 31.9 Å². The molecule has 0 N–H and O–H groups in total. The van der Waals surface area contributed by atoms with Crippen molar-refractivity contribution in [3.8, 4) is 0 Å². The second kappa shape index (κ2) is 7.99. The van der Waals surface area contributed by atoms with Crippen LogP contribution in [-0.2, 0) is 9.53 Å². The third-order valence-corrected chi connectivity index (χ3v) is 5.43. The molecule has 0 bridgehead atoms. The van der Waals surface area contributed by atoms with Crippen molar-refractivity contribution in [3.63, 3.8) is 0 Å². The van der Waals surface area contributed by atoms with E-state index in [9.17, 15) is 4.79 Å². The molecule has 0 spiro atoms. The molecule has 2 fully saturated rings. The Morgan fingerprint density at radius 1 is 1.04 bits per heavy atom. The molecule has 1 aromatic rings. The highest BCUT2D eigenvalue weighted by molar-refractivity contribution is 5.81. The third-order valence-electron chi connectivity index (χ3n) is 5.43. The first kappa shape index (κ1) is 17.2. The highest BCUT2D eigenvalue weighted by Gasteiger charge is 2.30. The number of nitrogens with zero attached hydrogens (tertiary/aromatic N) is 3. The Hall–Kier alpha value is -1.59. The van der Waals surface area contributed by atoms with Gasteiger partial charge in [-0.2, -0.15) is 0 Å². The minimum absolute atomic E-state index is 0.0221. The summed E-state index contributed by atoms with van der Waals surface area (Å²) in [6, 6.07) is 10.4. The van der Waals surface area contributed by atoms with Crippen LogP contribution in [0.5, 0.6) is 0 Å². The van der Waals surface area contributed by atoms with Gasteiger partial charge in [-0.3, -0.25) is 9.69 Å². The van der Waals surface area contributed by atoms with E-state index in [4.69, 9.17) is 4.74 Å². The minimum Gasteiger partial charge on any atom is -0.381 e. The molecule has 0 saturated carbocycles. The van der Waals surface area contributed by atoms with E-state index in [1.807, 2.05) is 11.0 Å². The molecule has 1 amide bonds. The molecule has 1 aromatic carbocycles. The van der Waals surface area contributed by atoms with Crippen LogP contribution in [0.25, 0.3) is 0 Å². The molecule has 2 heterocycles. The number of hydrogen-bond donors (Lipinski definition) is 0. The van der Waals surface area contributed by atoms with Crippen molar-refractivity contribution in [1.29, 1.82) is 0 Å². The number of hydrogen-bond acceptors (Lipinski definition) is 4. The summed E-state index contributed by atoms with van der Waals surface area (Å²) in [6.45, 7) is 7.41. The Balaban J connectivity index is 1.50. The van der Waals surface area contributed by atoms with Gasteiger partial charge in [-0.25, -0.2) is 0 Å². The lowest BCUT2D eigenvalue weighted by Gasteiger charge is -2.40. The van der Waals surface area contributed by atoms with Gasteiger partial charge >= 0.3 is 0 Å². The Morgan fingerprint density at radius 2 is 1.67 bits per heavy atom. The zero-order valence-corrected chi connectivity index (χ0v) is 14.9. The molecule has 5 heteroatoms. The van der Waals surface area contributed by atoms with Crippen LogP contribution in [0, 0.1) is 0 Å². The van der Waals surface area contributed by atoms with Crippen molar-refractivity contribution in [1.82, 2.24) is 9.80 Å². The molecular formula is C19H29N3O2. The van der Waals surface area contributed by atoms with E-state index in [0.29, 0.717) is 6.10 Å². The largest absolute Gasteiger partial charge is 0.381 e. The Labute approximate surface area is 145 Å². The molecule has 0 aliphatic carbocycles. The third kappa shape index (κ3) is 3.90.